The average Bonchev–Trinajstić information content (AvgIpc) is 2.41. The molecule has 4 N–H and O–H groups in total. The van der Waals surface area contributed by atoms with Crippen LogP contribution in [0.4, 0.5) is 20.6 Å². The van der Waals surface area contributed by atoms with Gasteiger partial charge in [-0.25, -0.2) is 9.18 Å². The Hall–Kier alpha value is -2.41. The van der Waals surface area contributed by atoms with E-state index >= 15 is 0 Å². The molecule has 0 fully saturated rings. The normalized spacial score (nSPS) is 10.0. The highest BCUT2D eigenvalue weighted by Crippen LogP contribution is 2.21. The Morgan fingerprint density at radius 1 is 1.05 bits per heavy atom. The van der Waals surface area contributed by atoms with E-state index in [2.05, 4.69) is 26.6 Å². The van der Waals surface area contributed by atoms with Crippen LogP contribution in [0.25, 0.3) is 0 Å². The average molecular weight is 352 g/mol. The summed E-state index contributed by atoms with van der Waals surface area (Å²) in [6.45, 7) is 0. The summed E-state index contributed by atoms with van der Waals surface area (Å²) in [6.07, 6.45) is 0. The maximum Gasteiger partial charge on any atom is 0.316 e. The summed E-state index contributed by atoms with van der Waals surface area (Å²) in [5.41, 5.74) is 5.76. The van der Waals surface area contributed by atoms with E-state index in [-0.39, 0.29) is 10.0 Å². The number of primary amides is 1. The predicted octanol–water partition coefficient (Wildman–Crippen LogP) is 3.33. The van der Waals surface area contributed by atoms with Crippen molar-refractivity contribution in [2.24, 2.45) is 5.73 Å². The minimum absolute atomic E-state index is 0.0855. The molecule has 0 aliphatic rings. The highest BCUT2D eigenvalue weighted by Gasteiger charge is 2.14. The van der Waals surface area contributed by atoms with Gasteiger partial charge < -0.3 is 16.4 Å². The largest absolute Gasteiger partial charge is 0.351 e. The number of halogens is 2. The number of urea groups is 1. The molecule has 0 bridgehead atoms. The van der Waals surface area contributed by atoms with Gasteiger partial charge in [0.15, 0.2) is 0 Å². The standard InChI is InChI=1S/C14H11BrFN3O2/c15-11-6-2-5-10(12(11)16)13(20)18-8-3-1-4-9(7-8)19-14(17)21/h1-7H,(H,18,20)(H3,17,19,21). The molecule has 108 valence electrons. The Kier molecular flexibility index (Phi) is 4.54. The Morgan fingerprint density at radius 2 is 1.67 bits per heavy atom. The van der Waals surface area contributed by atoms with Crippen molar-refractivity contribution in [2.45, 2.75) is 0 Å². The second kappa shape index (κ2) is 6.36. The number of benzene rings is 2. The maximum atomic E-state index is 13.8. The van der Waals surface area contributed by atoms with E-state index in [0.717, 1.165) is 0 Å². The molecule has 5 nitrogen and oxygen atoms in total. The minimum atomic E-state index is -0.712. The first-order valence-corrected chi connectivity index (χ1v) is 6.68. The van der Waals surface area contributed by atoms with E-state index in [1.54, 1.807) is 24.3 Å². The number of hydrogen-bond acceptors (Lipinski definition) is 2. The summed E-state index contributed by atoms with van der Waals surface area (Å²) in [4.78, 5) is 22.8. The van der Waals surface area contributed by atoms with E-state index in [1.165, 1.54) is 18.2 Å². The van der Waals surface area contributed by atoms with Crippen LogP contribution in [-0.2, 0) is 0 Å². The van der Waals surface area contributed by atoms with Crippen molar-refractivity contribution in [1.82, 2.24) is 0 Å². The van der Waals surface area contributed by atoms with Gasteiger partial charge in [0.05, 0.1) is 10.0 Å². The van der Waals surface area contributed by atoms with Crippen molar-refractivity contribution >= 4 is 39.2 Å². The number of anilines is 2. The first-order valence-electron chi connectivity index (χ1n) is 5.89. The lowest BCUT2D eigenvalue weighted by Crippen LogP contribution is -2.19. The van der Waals surface area contributed by atoms with Crippen LogP contribution in [0.3, 0.4) is 0 Å². The summed E-state index contributed by atoms with van der Waals surface area (Å²) in [5.74, 6) is -1.23. The molecule has 0 aliphatic heterocycles. The number of carbonyl (C=O) groups excluding carboxylic acids is 2. The number of carbonyl (C=O) groups is 2. The quantitative estimate of drug-likeness (QED) is 0.792. The molecule has 0 saturated heterocycles. The van der Waals surface area contributed by atoms with E-state index in [0.29, 0.717) is 11.4 Å². The van der Waals surface area contributed by atoms with Gasteiger partial charge in [0.2, 0.25) is 0 Å². The highest BCUT2D eigenvalue weighted by molar-refractivity contribution is 9.10. The maximum absolute atomic E-state index is 13.8. The summed E-state index contributed by atoms with van der Waals surface area (Å²) in [6, 6.07) is 10.1. The fourth-order valence-corrected chi connectivity index (χ4v) is 2.06. The molecule has 0 heterocycles. The predicted molar refractivity (Wildman–Crippen MR) is 81.7 cm³/mol. The molecule has 0 unspecified atom stereocenters. The minimum Gasteiger partial charge on any atom is -0.351 e. The molecule has 2 aromatic carbocycles. The number of rotatable bonds is 3. The third-order valence-electron chi connectivity index (χ3n) is 2.58. The molecule has 0 radical (unpaired) electrons. The Bertz CT molecular complexity index is 706. The van der Waals surface area contributed by atoms with Crippen molar-refractivity contribution in [3.05, 3.63) is 58.3 Å². The Morgan fingerprint density at radius 3 is 2.33 bits per heavy atom. The van der Waals surface area contributed by atoms with Gasteiger partial charge in [0, 0.05) is 11.4 Å². The second-order valence-corrected chi connectivity index (χ2v) is 4.98. The van der Waals surface area contributed by atoms with Crippen molar-refractivity contribution < 1.29 is 14.0 Å². The van der Waals surface area contributed by atoms with E-state index in [1.807, 2.05) is 0 Å². The Balaban J connectivity index is 2.20. The van der Waals surface area contributed by atoms with Crippen molar-refractivity contribution in [1.29, 1.82) is 0 Å². The molecular weight excluding hydrogens is 341 g/mol. The molecule has 21 heavy (non-hydrogen) atoms. The van der Waals surface area contributed by atoms with Crippen molar-refractivity contribution in [3.63, 3.8) is 0 Å². The van der Waals surface area contributed by atoms with Crippen LogP contribution in [-0.4, -0.2) is 11.9 Å². The lowest BCUT2D eigenvalue weighted by Gasteiger charge is -2.08. The molecule has 3 amide bonds. The van der Waals surface area contributed by atoms with Crippen LogP contribution in [0.15, 0.2) is 46.9 Å². The van der Waals surface area contributed by atoms with Gasteiger partial charge in [-0.15, -0.1) is 0 Å². The van der Waals surface area contributed by atoms with Crippen molar-refractivity contribution in [3.8, 4) is 0 Å². The third-order valence-corrected chi connectivity index (χ3v) is 3.20. The topological polar surface area (TPSA) is 84.2 Å². The third kappa shape index (κ3) is 3.79. The molecule has 7 heteroatoms. The monoisotopic (exact) mass is 351 g/mol. The van der Waals surface area contributed by atoms with Gasteiger partial charge >= 0.3 is 6.03 Å². The number of amides is 3. The van der Waals surface area contributed by atoms with E-state index in [9.17, 15) is 14.0 Å². The van der Waals surface area contributed by atoms with Gasteiger partial charge in [0.25, 0.3) is 5.91 Å². The van der Waals surface area contributed by atoms with Crippen molar-refractivity contribution in [2.75, 3.05) is 10.6 Å². The zero-order chi connectivity index (χ0) is 15.4. The van der Waals surface area contributed by atoms with Crippen LogP contribution in [0.2, 0.25) is 0 Å². The zero-order valence-corrected chi connectivity index (χ0v) is 12.3. The zero-order valence-electron chi connectivity index (χ0n) is 10.7. The van der Waals surface area contributed by atoms with Gasteiger partial charge in [-0.1, -0.05) is 12.1 Å². The lowest BCUT2D eigenvalue weighted by atomic mass is 10.2. The fraction of sp³-hybridized carbons (Fsp3) is 0. The van der Waals surface area contributed by atoms with Crippen LogP contribution < -0.4 is 16.4 Å². The molecule has 0 saturated carbocycles. The molecule has 0 spiro atoms. The van der Waals surface area contributed by atoms with Crippen LogP contribution in [0, 0.1) is 5.82 Å². The lowest BCUT2D eigenvalue weighted by molar-refractivity contribution is 0.102. The molecular formula is C14H11BrFN3O2. The van der Waals surface area contributed by atoms with Gasteiger partial charge in [0.1, 0.15) is 5.82 Å². The molecule has 0 aliphatic carbocycles. The first-order chi connectivity index (χ1) is 9.97. The van der Waals surface area contributed by atoms with Gasteiger partial charge in [-0.05, 0) is 46.3 Å². The van der Waals surface area contributed by atoms with Gasteiger partial charge in [-0.3, -0.25) is 4.79 Å². The molecule has 0 aromatic heterocycles. The number of nitrogens with one attached hydrogen (secondary N) is 2. The van der Waals surface area contributed by atoms with E-state index in [4.69, 9.17) is 5.73 Å². The fourth-order valence-electron chi connectivity index (χ4n) is 1.69. The molecule has 0 atom stereocenters. The van der Waals surface area contributed by atoms with Gasteiger partial charge in [-0.2, -0.15) is 0 Å². The van der Waals surface area contributed by atoms with Crippen LogP contribution in [0.1, 0.15) is 10.4 Å². The summed E-state index contributed by atoms with van der Waals surface area (Å²) >= 11 is 3.02. The van der Waals surface area contributed by atoms with E-state index < -0.39 is 17.8 Å². The molecule has 2 aromatic rings. The first kappa shape index (κ1) is 15.0. The molecule has 2 rings (SSSR count). The number of nitrogens with two attached hydrogens (primary N) is 1. The number of hydrogen-bond donors (Lipinski definition) is 3. The van der Waals surface area contributed by atoms with Crippen LogP contribution in [0.5, 0.6) is 0 Å². The summed E-state index contributed by atoms with van der Waals surface area (Å²) < 4.78 is 14.0. The summed E-state index contributed by atoms with van der Waals surface area (Å²) in [5, 5.41) is 4.93. The SMILES string of the molecule is NC(=O)Nc1cccc(NC(=O)c2cccc(Br)c2F)c1. The Labute approximate surface area is 128 Å². The summed E-state index contributed by atoms with van der Waals surface area (Å²) in [7, 11) is 0. The highest BCUT2D eigenvalue weighted by atomic mass is 79.9. The smallest absolute Gasteiger partial charge is 0.316 e. The van der Waals surface area contributed by atoms with Crippen LogP contribution >= 0.6 is 15.9 Å². The second-order valence-electron chi connectivity index (χ2n) is 4.13.